The fourth-order valence-electron chi connectivity index (χ4n) is 1.22. The van der Waals surface area contributed by atoms with Crippen LogP contribution in [0, 0.1) is 13.8 Å². The molecule has 1 heterocycles. The van der Waals surface area contributed by atoms with E-state index in [1.54, 1.807) is 0 Å². The van der Waals surface area contributed by atoms with Crippen molar-refractivity contribution in [2.75, 3.05) is 5.32 Å². The molecule has 0 fully saturated rings. The maximum absolute atomic E-state index is 6.11. The molecular weight excluding hydrogens is 219 g/mol. The van der Waals surface area contributed by atoms with E-state index >= 15 is 0 Å². The Morgan fingerprint density at radius 3 is 1.86 bits per heavy atom. The normalized spacial score (nSPS) is 10.8. The maximum atomic E-state index is 6.11. The van der Waals surface area contributed by atoms with Gasteiger partial charge in [0, 0.05) is 6.04 Å². The molecule has 0 bridgehead atoms. The summed E-state index contributed by atoms with van der Waals surface area (Å²) in [5.41, 5.74) is 2.39. The van der Waals surface area contributed by atoms with Crippen LogP contribution in [0.2, 0.25) is 10.0 Å². The van der Waals surface area contributed by atoms with E-state index in [4.69, 9.17) is 23.2 Å². The van der Waals surface area contributed by atoms with E-state index in [0.717, 1.165) is 17.1 Å². The lowest BCUT2D eigenvalue weighted by atomic mass is 10.2. The summed E-state index contributed by atoms with van der Waals surface area (Å²) in [6.07, 6.45) is 0. The lowest BCUT2D eigenvalue weighted by Gasteiger charge is -2.15. The Kier molecular flexibility index (Phi) is 3.62. The molecule has 0 radical (unpaired) electrons. The van der Waals surface area contributed by atoms with Crippen molar-refractivity contribution in [3.63, 3.8) is 0 Å². The standard InChI is InChI=1S/C10H14Cl2N2/c1-5(2)13-10-8(11)6(3)14-7(4)9(10)12/h5H,1-4H3,(H,13,14). The summed E-state index contributed by atoms with van der Waals surface area (Å²) in [6.45, 7) is 7.82. The van der Waals surface area contributed by atoms with Gasteiger partial charge in [0.2, 0.25) is 0 Å². The molecule has 0 aliphatic rings. The van der Waals surface area contributed by atoms with Crippen LogP contribution < -0.4 is 5.32 Å². The van der Waals surface area contributed by atoms with Crippen molar-refractivity contribution in [2.45, 2.75) is 33.7 Å². The van der Waals surface area contributed by atoms with Crippen LogP contribution in [0.4, 0.5) is 5.69 Å². The predicted octanol–water partition coefficient (Wildman–Crippen LogP) is 3.83. The van der Waals surface area contributed by atoms with Crippen LogP contribution in [0.3, 0.4) is 0 Å². The van der Waals surface area contributed by atoms with Gasteiger partial charge >= 0.3 is 0 Å². The highest BCUT2D eigenvalue weighted by Gasteiger charge is 2.13. The first-order valence-electron chi connectivity index (χ1n) is 4.52. The van der Waals surface area contributed by atoms with Crippen LogP contribution in [-0.2, 0) is 0 Å². The van der Waals surface area contributed by atoms with Gasteiger partial charge in [0.15, 0.2) is 0 Å². The fourth-order valence-corrected chi connectivity index (χ4v) is 1.65. The average molecular weight is 233 g/mol. The first-order chi connectivity index (χ1) is 6.43. The van der Waals surface area contributed by atoms with E-state index in [0.29, 0.717) is 16.1 Å². The first kappa shape index (κ1) is 11.6. The first-order valence-corrected chi connectivity index (χ1v) is 5.27. The number of nitrogens with zero attached hydrogens (tertiary/aromatic N) is 1. The zero-order valence-corrected chi connectivity index (χ0v) is 10.3. The van der Waals surface area contributed by atoms with Gasteiger partial charge in [-0.25, -0.2) is 0 Å². The highest BCUT2D eigenvalue weighted by molar-refractivity contribution is 6.39. The predicted molar refractivity (Wildman–Crippen MR) is 62.5 cm³/mol. The SMILES string of the molecule is Cc1nc(C)c(Cl)c(NC(C)C)c1Cl. The van der Waals surface area contributed by atoms with Crippen molar-refractivity contribution in [2.24, 2.45) is 0 Å². The highest BCUT2D eigenvalue weighted by atomic mass is 35.5. The van der Waals surface area contributed by atoms with Crippen LogP contribution >= 0.6 is 23.2 Å². The molecule has 2 nitrogen and oxygen atoms in total. The van der Waals surface area contributed by atoms with Gasteiger partial charge in [0.1, 0.15) is 0 Å². The Morgan fingerprint density at radius 1 is 1.07 bits per heavy atom. The van der Waals surface area contributed by atoms with E-state index < -0.39 is 0 Å². The lowest BCUT2D eigenvalue weighted by molar-refractivity contribution is 0.897. The fraction of sp³-hybridized carbons (Fsp3) is 0.500. The maximum Gasteiger partial charge on any atom is 0.0865 e. The van der Waals surface area contributed by atoms with Gasteiger partial charge in [0.05, 0.1) is 27.1 Å². The summed E-state index contributed by atoms with van der Waals surface area (Å²) in [4.78, 5) is 4.24. The molecule has 0 unspecified atom stereocenters. The van der Waals surface area contributed by atoms with Gasteiger partial charge in [0.25, 0.3) is 0 Å². The van der Waals surface area contributed by atoms with E-state index in [1.165, 1.54) is 0 Å². The average Bonchev–Trinajstić information content (AvgIpc) is 2.09. The molecule has 0 aliphatic carbocycles. The number of halogens is 2. The number of anilines is 1. The third-order valence-electron chi connectivity index (χ3n) is 1.84. The van der Waals surface area contributed by atoms with Crippen LogP contribution in [0.5, 0.6) is 0 Å². The van der Waals surface area contributed by atoms with Gasteiger partial charge in [-0.2, -0.15) is 0 Å². The molecule has 0 amide bonds. The van der Waals surface area contributed by atoms with Crippen molar-refractivity contribution < 1.29 is 0 Å². The molecule has 1 N–H and O–H groups in total. The molecule has 0 aliphatic heterocycles. The number of aryl methyl sites for hydroxylation is 2. The minimum Gasteiger partial charge on any atom is -0.380 e. The van der Waals surface area contributed by atoms with Crippen LogP contribution in [0.25, 0.3) is 0 Å². The van der Waals surface area contributed by atoms with Gasteiger partial charge in [-0.15, -0.1) is 0 Å². The van der Waals surface area contributed by atoms with Gasteiger partial charge in [-0.1, -0.05) is 23.2 Å². The zero-order chi connectivity index (χ0) is 10.9. The van der Waals surface area contributed by atoms with Gasteiger partial charge in [-0.3, -0.25) is 4.98 Å². The summed E-state index contributed by atoms with van der Waals surface area (Å²) in [5.74, 6) is 0. The number of hydrogen-bond donors (Lipinski definition) is 1. The van der Waals surface area contributed by atoms with Crippen molar-refractivity contribution in [1.29, 1.82) is 0 Å². The van der Waals surface area contributed by atoms with Crippen molar-refractivity contribution >= 4 is 28.9 Å². The number of nitrogens with one attached hydrogen (secondary N) is 1. The monoisotopic (exact) mass is 232 g/mol. The van der Waals surface area contributed by atoms with Gasteiger partial charge in [-0.05, 0) is 27.7 Å². The minimum absolute atomic E-state index is 0.297. The molecule has 1 aromatic rings. The van der Waals surface area contributed by atoms with Crippen LogP contribution in [-0.4, -0.2) is 11.0 Å². The quantitative estimate of drug-likeness (QED) is 0.839. The molecular formula is C10H14Cl2N2. The molecule has 4 heteroatoms. The molecule has 1 aromatic heterocycles. The lowest BCUT2D eigenvalue weighted by Crippen LogP contribution is -2.11. The van der Waals surface area contributed by atoms with Gasteiger partial charge < -0.3 is 5.32 Å². The Bertz CT molecular complexity index is 322. The molecule has 0 spiro atoms. The molecule has 0 atom stereocenters. The number of aromatic nitrogens is 1. The zero-order valence-electron chi connectivity index (χ0n) is 8.78. The minimum atomic E-state index is 0.297. The topological polar surface area (TPSA) is 24.9 Å². The Labute approximate surface area is 94.6 Å². The largest absolute Gasteiger partial charge is 0.380 e. The van der Waals surface area contributed by atoms with Crippen molar-refractivity contribution in [1.82, 2.24) is 4.98 Å². The molecule has 0 saturated heterocycles. The second-order valence-corrected chi connectivity index (χ2v) is 4.34. The molecule has 1 rings (SSSR count). The third kappa shape index (κ3) is 2.31. The molecule has 0 aromatic carbocycles. The highest BCUT2D eigenvalue weighted by Crippen LogP contribution is 2.34. The van der Waals surface area contributed by atoms with Crippen LogP contribution in [0.1, 0.15) is 25.2 Å². The number of pyridine rings is 1. The number of hydrogen-bond acceptors (Lipinski definition) is 2. The molecule has 78 valence electrons. The van der Waals surface area contributed by atoms with E-state index in [-0.39, 0.29) is 0 Å². The van der Waals surface area contributed by atoms with Crippen LogP contribution in [0.15, 0.2) is 0 Å². The van der Waals surface area contributed by atoms with Crippen molar-refractivity contribution in [3.8, 4) is 0 Å². The van der Waals surface area contributed by atoms with Crippen molar-refractivity contribution in [3.05, 3.63) is 21.4 Å². The number of rotatable bonds is 2. The summed E-state index contributed by atoms with van der Waals surface area (Å²) in [7, 11) is 0. The third-order valence-corrected chi connectivity index (χ3v) is 2.77. The summed E-state index contributed by atoms with van der Waals surface area (Å²) < 4.78 is 0. The Balaban J connectivity index is 3.25. The summed E-state index contributed by atoms with van der Waals surface area (Å²) >= 11 is 12.2. The molecule has 0 saturated carbocycles. The van der Waals surface area contributed by atoms with E-state index in [9.17, 15) is 0 Å². The second kappa shape index (κ2) is 4.37. The Morgan fingerprint density at radius 2 is 1.50 bits per heavy atom. The Hall–Kier alpha value is -0.470. The summed E-state index contributed by atoms with van der Waals surface area (Å²) in [6, 6.07) is 0.297. The molecule has 14 heavy (non-hydrogen) atoms. The van der Waals surface area contributed by atoms with E-state index in [2.05, 4.69) is 10.3 Å². The second-order valence-electron chi connectivity index (χ2n) is 3.58. The van der Waals surface area contributed by atoms with E-state index in [1.807, 2.05) is 27.7 Å². The smallest absolute Gasteiger partial charge is 0.0865 e. The summed E-state index contributed by atoms with van der Waals surface area (Å²) in [5, 5.41) is 4.43.